The van der Waals surface area contributed by atoms with Crippen LogP contribution < -0.4 is 10.6 Å². The van der Waals surface area contributed by atoms with Gasteiger partial charge in [-0.15, -0.1) is 0 Å². The van der Waals surface area contributed by atoms with Gasteiger partial charge in [0.05, 0.1) is 10.9 Å². The van der Waals surface area contributed by atoms with Crippen molar-refractivity contribution in [3.8, 4) is 0 Å². The Bertz CT molecular complexity index is 989. The van der Waals surface area contributed by atoms with Crippen molar-refractivity contribution in [1.82, 2.24) is 5.32 Å². The van der Waals surface area contributed by atoms with Crippen LogP contribution in [0, 0.1) is 17.3 Å². The number of hydrogen-bond acceptors (Lipinski definition) is 3. The first-order valence-electron chi connectivity index (χ1n) is 11.0. The first kappa shape index (κ1) is 23.3. The minimum absolute atomic E-state index is 0.0831. The zero-order valence-corrected chi connectivity index (χ0v) is 19.7. The summed E-state index contributed by atoms with van der Waals surface area (Å²) in [6.45, 7) is 6.93. The molecule has 0 heterocycles. The normalized spacial score (nSPS) is 20.6. The molecule has 2 N–H and O–H groups in total. The molecule has 1 atom stereocenters. The van der Waals surface area contributed by atoms with Gasteiger partial charge < -0.3 is 10.6 Å². The molecule has 2 amide bonds. The van der Waals surface area contributed by atoms with Crippen molar-refractivity contribution in [3.63, 3.8) is 0 Å². The molecule has 0 spiro atoms. The van der Waals surface area contributed by atoms with Crippen molar-refractivity contribution in [2.75, 3.05) is 11.6 Å². The van der Waals surface area contributed by atoms with Gasteiger partial charge in [-0.1, -0.05) is 57.2 Å². The molecule has 1 saturated carbocycles. The van der Waals surface area contributed by atoms with Gasteiger partial charge in [0, 0.05) is 11.9 Å². The number of amides is 2. The zero-order chi connectivity index (χ0) is 22.6. The molecular weight excluding hydrogens is 408 g/mol. The average molecular weight is 443 g/mol. The SMILES string of the molecule is CC(C)(C)C1CCC(C(NC(=O)Nc2cccc(S(C)(=O)=O)c2)c2ccccc2)CC1. The lowest BCUT2D eigenvalue weighted by atomic mass is 9.68. The summed E-state index contributed by atoms with van der Waals surface area (Å²) in [5.41, 5.74) is 1.87. The molecule has 1 fully saturated rings. The highest BCUT2D eigenvalue weighted by Gasteiger charge is 2.34. The van der Waals surface area contributed by atoms with E-state index in [1.54, 1.807) is 12.1 Å². The average Bonchev–Trinajstić information content (AvgIpc) is 2.72. The van der Waals surface area contributed by atoms with Crippen LogP contribution >= 0.6 is 0 Å². The number of sulfone groups is 1. The lowest BCUT2D eigenvalue weighted by Gasteiger charge is -2.39. The first-order valence-corrected chi connectivity index (χ1v) is 12.9. The van der Waals surface area contributed by atoms with Crippen LogP contribution in [0.3, 0.4) is 0 Å². The molecule has 0 radical (unpaired) electrons. The highest BCUT2D eigenvalue weighted by Crippen LogP contribution is 2.43. The molecule has 0 aromatic heterocycles. The van der Waals surface area contributed by atoms with Crippen LogP contribution in [0.2, 0.25) is 0 Å². The van der Waals surface area contributed by atoms with E-state index in [9.17, 15) is 13.2 Å². The number of rotatable bonds is 5. The van der Waals surface area contributed by atoms with Crippen LogP contribution in [-0.4, -0.2) is 20.7 Å². The van der Waals surface area contributed by atoms with E-state index in [4.69, 9.17) is 0 Å². The van der Waals surface area contributed by atoms with Crippen LogP contribution in [0.5, 0.6) is 0 Å². The Balaban J connectivity index is 1.73. The van der Waals surface area contributed by atoms with E-state index in [2.05, 4.69) is 43.5 Å². The Hall–Kier alpha value is -2.34. The van der Waals surface area contributed by atoms with Gasteiger partial charge in [-0.2, -0.15) is 0 Å². The number of anilines is 1. The Labute approximate surface area is 186 Å². The summed E-state index contributed by atoms with van der Waals surface area (Å²) in [4.78, 5) is 13.0. The number of hydrogen-bond donors (Lipinski definition) is 2. The van der Waals surface area contributed by atoms with Gasteiger partial charge in [-0.25, -0.2) is 13.2 Å². The summed E-state index contributed by atoms with van der Waals surface area (Å²) < 4.78 is 23.6. The summed E-state index contributed by atoms with van der Waals surface area (Å²) in [5, 5.41) is 5.98. The Kier molecular flexibility index (Phi) is 7.10. The van der Waals surface area contributed by atoms with Gasteiger partial charge in [0.1, 0.15) is 0 Å². The molecule has 2 aromatic carbocycles. The fraction of sp³-hybridized carbons (Fsp3) is 0.480. The molecule has 0 bridgehead atoms. The molecule has 1 aliphatic carbocycles. The van der Waals surface area contributed by atoms with E-state index in [1.165, 1.54) is 12.1 Å². The molecule has 31 heavy (non-hydrogen) atoms. The Morgan fingerprint density at radius 1 is 0.968 bits per heavy atom. The minimum atomic E-state index is -3.33. The van der Waals surface area contributed by atoms with E-state index in [0.717, 1.165) is 37.5 Å². The van der Waals surface area contributed by atoms with Crippen molar-refractivity contribution in [2.45, 2.75) is 57.4 Å². The topological polar surface area (TPSA) is 75.3 Å². The van der Waals surface area contributed by atoms with E-state index < -0.39 is 9.84 Å². The fourth-order valence-electron chi connectivity index (χ4n) is 4.57. The molecular formula is C25H34N2O3S. The standard InChI is InChI=1S/C25H34N2O3S/c1-25(2,3)20-15-13-19(14-16-20)23(18-9-6-5-7-10-18)27-24(28)26-21-11-8-12-22(17-21)31(4,29)30/h5-12,17,19-20,23H,13-16H2,1-4H3,(H2,26,27,28). The van der Waals surface area contributed by atoms with Crippen LogP contribution in [-0.2, 0) is 9.84 Å². The molecule has 1 aliphatic rings. The zero-order valence-electron chi connectivity index (χ0n) is 18.9. The van der Waals surface area contributed by atoms with Gasteiger partial charge in [0.25, 0.3) is 0 Å². The number of urea groups is 1. The summed E-state index contributed by atoms with van der Waals surface area (Å²) in [6, 6.07) is 16.0. The number of carbonyl (C=O) groups is 1. The summed E-state index contributed by atoms with van der Waals surface area (Å²) in [6.07, 6.45) is 5.64. The van der Waals surface area contributed by atoms with E-state index in [-0.39, 0.29) is 17.0 Å². The molecule has 2 aromatic rings. The monoisotopic (exact) mass is 442 g/mol. The smallest absolute Gasteiger partial charge is 0.319 e. The molecule has 0 aliphatic heterocycles. The minimum Gasteiger partial charge on any atom is -0.331 e. The second kappa shape index (κ2) is 9.43. The first-order chi connectivity index (χ1) is 14.5. The van der Waals surface area contributed by atoms with Gasteiger partial charge in [-0.3, -0.25) is 0 Å². The maximum atomic E-state index is 12.9. The van der Waals surface area contributed by atoms with Crippen molar-refractivity contribution in [1.29, 1.82) is 0 Å². The molecule has 5 nitrogen and oxygen atoms in total. The van der Waals surface area contributed by atoms with Crippen molar-refractivity contribution in [2.24, 2.45) is 17.3 Å². The van der Waals surface area contributed by atoms with Crippen molar-refractivity contribution < 1.29 is 13.2 Å². The van der Waals surface area contributed by atoms with Gasteiger partial charge in [0.15, 0.2) is 9.84 Å². The van der Waals surface area contributed by atoms with Crippen LogP contribution in [0.25, 0.3) is 0 Å². The van der Waals surface area contributed by atoms with Crippen molar-refractivity contribution in [3.05, 3.63) is 60.2 Å². The number of benzene rings is 2. The predicted molar refractivity (Wildman–Crippen MR) is 126 cm³/mol. The molecule has 168 valence electrons. The molecule has 1 unspecified atom stereocenters. The fourth-order valence-corrected chi connectivity index (χ4v) is 5.23. The maximum Gasteiger partial charge on any atom is 0.319 e. The lowest BCUT2D eigenvalue weighted by Crippen LogP contribution is -2.38. The third-order valence-electron chi connectivity index (χ3n) is 6.43. The second-order valence-corrected chi connectivity index (χ2v) is 11.8. The maximum absolute atomic E-state index is 12.9. The predicted octanol–water partition coefficient (Wildman–Crippen LogP) is 5.81. The molecule has 6 heteroatoms. The quantitative estimate of drug-likeness (QED) is 0.614. The summed E-state index contributed by atoms with van der Waals surface area (Å²) >= 11 is 0. The van der Waals surface area contributed by atoms with Gasteiger partial charge in [-0.05, 0) is 66.7 Å². The van der Waals surface area contributed by atoms with E-state index >= 15 is 0 Å². The Morgan fingerprint density at radius 3 is 2.19 bits per heavy atom. The number of carbonyl (C=O) groups excluding carboxylic acids is 1. The van der Waals surface area contributed by atoms with E-state index in [0.29, 0.717) is 22.9 Å². The molecule has 0 saturated heterocycles. The lowest BCUT2D eigenvalue weighted by molar-refractivity contribution is 0.134. The summed E-state index contributed by atoms with van der Waals surface area (Å²) in [7, 11) is -3.33. The number of nitrogens with one attached hydrogen (secondary N) is 2. The third-order valence-corrected chi connectivity index (χ3v) is 7.54. The van der Waals surface area contributed by atoms with E-state index in [1.807, 2.05) is 18.2 Å². The molecule has 3 rings (SSSR count). The Morgan fingerprint density at radius 2 is 1.61 bits per heavy atom. The van der Waals surface area contributed by atoms with Crippen LogP contribution in [0.4, 0.5) is 10.5 Å². The largest absolute Gasteiger partial charge is 0.331 e. The van der Waals surface area contributed by atoms with Gasteiger partial charge >= 0.3 is 6.03 Å². The van der Waals surface area contributed by atoms with Crippen molar-refractivity contribution >= 4 is 21.6 Å². The second-order valence-electron chi connectivity index (χ2n) is 9.76. The summed E-state index contributed by atoms with van der Waals surface area (Å²) in [5.74, 6) is 1.07. The van der Waals surface area contributed by atoms with Crippen LogP contribution in [0.15, 0.2) is 59.5 Å². The highest BCUT2D eigenvalue weighted by atomic mass is 32.2. The third kappa shape index (κ3) is 6.33. The highest BCUT2D eigenvalue weighted by molar-refractivity contribution is 7.90. The van der Waals surface area contributed by atoms with Crippen LogP contribution in [0.1, 0.15) is 58.1 Å². The van der Waals surface area contributed by atoms with Gasteiger partial charge in [0.2, 0.25) is 0 Å².